The van der Waals surface area contributed by atoms with E-state index in [0.29, 0.717) is 17.7 Å². The lowest BCUT2D eigenvalue weighted by Crippen LogP contribution is -2.09. The maximum Gasteiger partial charge on any atom is 0.178 e. The highest BCUT2D eigenvalue weighted by Crippen LogP contribution is 2.48. The Balaban J connectivity index is 1.20. The Bertz CT molecular complexity index is 1400. The summed E-state index contributed by atoms with van der Waals surface area (Å²) in [5, 5.41) is 2.15. The summed E-state index contributed by atoms with van der Waals surface area (Å²) in [6.07, 6.45) is 8.62. The van der Waals surface area contributed by atoms with E-state index in [-0.39, 0.29) is 23.4 Å². The largest absolute Gasteiger partial charge is 0.299 e. The summed E-state index contributed by atoms with van der Waals surface area (Å²) in [4.78, 5) is 21.3. The standard InChI is InChI=1S/C27H24N2O3S/c30-27(15-20-3-4-23-18-29-12-9-22(23)14-20)26-16-25(26)21-5-7-24(8-6-21)33(31,32)13-10-19-2-1-11-28-17-19/h1-9,11-12,14,17-18,25-26H,10,13,15-16H2/t25-,26+/m0/s1. The van der Waals surface area contributed by atoms with Gasteiger partial charge in [0.05, 0.1) is 10.6 Å². The number of pyridine rings is 2. The van der Waals surface area contributed by atoms with Crippen LogP contribution in [0.2, 0.25) is 0 Å². The molecule has 0 unspecified atom stereocenters. The monoisotopic (exact) mass is 456 g/mol. The number of nitrogens with zero attached hydrogens (tertiary/aromatic N) is 2. The SMILES string of the molecule is O=C(Cc1ccc2cnccc2c1)[C@@H]1C[C@H]1c1ccc(S(=O)(=O)CCc2cccnc2)cc1. The maximum atomic E-state index is 12.8. The quantitative estimate of drug-likeness (QED) is 0.388. The molecule has 2 heterocycles. The second-order valence-corrected chi connectivity index (χ2v) is 10.8. The van der Waals surface area contributed by atoms with Crippen LogP contribution in [0.25, 0.3) is 10.8 Å². The van der Waals surface area contributed by atoms with E-state index in [4.69, 9.17) is 0 Å². The van der Waals surface area contributed by atoms with Crippen molar-refractivity contribution in [3.8, 4) is 0 Å². The van der Waals surface area contributed by atoms with Crippen LogP contribution in [0.4, 0.5) is 0 Å². The molecule has 0 N–H and O–H groups in total. The van der Waals surface area contributed by atoms with Crippen LogP contribution in [-0.2, 0) is 27.5 Å². The van der Waals surface area contributed by atoms with Gasteiger partial charge in [-0.25, -0.2) is 8.42 Å². The van der Waals surface area contributed by atoms with E-state index in [0.717, 1.165) is 33.9 Å². The summed E-state index contributed by atoms with van der Waals surface area (Å²) in [5.41, 5.74) is 2.95. The molecule has 0 saturated heterocycles. The van der Waals surface area contributed by atoms with Gasteiger partial charge in [-0.15, -0.1) is 0 Å². The van der Waals surface area contributed by atoms with E-state index in [2.05, 4.69) is 16.0 Å². The molecule has 4 aromatic rings. The van der Waals surface area contributed by atoms with Crippen LogP contribution in [0.1, 0.15) is 29.0 Å². The van der Waals surface area contributed by atoms with Crippen molar-refractivity contribution in [2.75, 3.05) is 5.75 Å². The zero-order valence-electron chi connectivity index (χ0n) is 18.1. The topological polar surface area (TPSA) is 77.0 Å². The third kappa shape index (κ3) is 4.86. The summed E-state index contributed by atoms with van der Waals surface area (Å²) in [5.74, 6) is 0.465. The highest BCUT2D eigenvalue weighted by molar-refractivity contribution is 7.91. The van der Waals surface area contributed by atoms with Gasteiger partial charge in [0.2, 0.25) is 0 Å². The smallest absolute Gasteiger partial charge is 0.178 e. The molecule has 0 aliphatic heterocycles. The number of fused-ring (bicyclic) bond motifs is 1. The van der Waals surface area contributed by atoms with Crippen molar-refractivity contribution in [1.29, 1.82) is 0 Å². The molecule has 1 aliphatic carbocycles. The Morgan fingerprint density at radius 2 is 1.70 bits per heavy atom. The molecule has 1 saturated carbocycles. The molecule has 2 aromatic heterocycles. The van der Waals surface area contributed by atoms with Crippen LogP contribution >= 0.6 is 0 Å². The number of hydrogen-bond donors (Lipinski definition) is 0. The lowest BCUT2D eigenvalue weighted by atomic mass is 10.0. The molecule has 0 spiro atoms. The van der Waals surface area contributed by atoms with Gasteiger partial charge in [-0.1, -0.05) is 36.4 Å². The van der Waals surface area contributed by atoms with E-state index in [1.807, 2.05) is 48.7 Å². The molecule has 166 valence electrons. The lowest BCUT2D eigenvalue weighted by molar-refractivity contribution is -0.119. The van der Waals surface area contributed by atoms with E-state index in [9.17, 15) is 13.2 Å². The van der Waals surface area contributed by atoms with Gasteiger partial charge in [-0.2, -0.15) is 0 Å². The Kier molecular flexibility index (Phi) is 5.77. The van der Waals surface area contributed by atoms with Gasteiger partial charge in [-0.3, -0.25) is 14.8 Å². The molecule has 1 fully saturated rings. The first kappa shape index (κ1) is 21.5. The molecule has 0 amide bonds. The molecule has 33 heavy (non-hydrogen) atoms. The average molecular weight is 457 g/mol. The highest BCUT2D eigenvalue weighted by atomic mass is 32.2. The van der Waals surface area contributed by atoms with Gasteiger partial charge in [0, 0.05) is 42.5 Å². The van der Waals surface area contributed by atoms with Crippen LogP contribution in [-0.4, -0.2) is 29.9 Å². The number of benzene rings is 2. The van der Waals surface area contributed by atoms with Gasteiger partial charge in [0.1, 0.15) is 5.78 Å². The average Bonchev–Trinajstić information content (AvgIpc) is 3.65. The van der Waals surface area contributed by atoms with Crippen molar-refractivity contribution in [3.05, 3.63) is 102 Å². The van der Waals surface area contributed by atoms with E-state index < -0.39 is 9.84 Å². The number of Topliss-reactive ketones (excluding diaryl/α,β-unsaturated/α-hetero) is 1. The minimum absolute atomic E-state index is 0.00572. The number of hydrogen-bond acceptors (Lipinski definition) is 5. The third-order valence-corrected chi connectivity index (χ3v) is 8.07. The number of carbonyl (C=O) groups excluding carboxylic acids is 1. The van der Waals surface area contributed by atoms with Crippen LogP contribution in [0.3, 0.4) is 0 Å². The zero-order chi connectivity index (χ0) is 22.8. The molecule has 5 nitrogen and oxygen atoms in total. The van der Waals surface area contributed by atoms with Crippen molar-refractivity contribution >= 4 is 26.4 Å². The molecule has 6 heteroatoms. The number of rotatable bonds is 8. The van der Waals surface area contributed by atoms with E-state index in [1.165, 1.54) is 0 Å². The van der Waals surface area contributed by atoms with Gasteiger partial charge in [0.25, 0.3) is 0 Å². The predicted molar refractivity (Wildman–Crippen MR) is 128 cm³/mol. The molecular weight excluding hydrogens is 432 g/mol. The first-order valence-electron chi connectivity index (χ1n) is 11.1. The van der Waals surface area contributed by atoms with E-state index >= 15 is 0 Å². The van der Waals surface area contributed by atoms with Crippen molar-refractivity contribution in [2.45, 2.75) is 30.1 Å². The Morgan fingerprint density at radius 1 is 0.879 bits per heavy atom. The van der Waals surface area contributed by atoms with Crippen molar-refractivity contribution in [1.82, 2.24) is 9.97 Å². The molecule has 2 aromatic carbocycles. The van der Waals surface area contributed by atoms with Gasteiger partial charge in [-0.05, 0) is 65.1 Å². The number of aryl methyl sites for hydroxylation is 1. The maximum absolute atomic E-state index is 12.8. The normalized spacial score (nSPS) is 17.7. The van der Waals surface area contributed by atoms with Crippen molar-refractivity contribution in [2.24, 2.45) is 5.92 Å². The van der Waals surface area contributed by atoms with E-state index in [1.54, 1.807) is 30.7 Å². The highest BCUT2D eigenvalue weighted by Gasteiger charge is 2.43. The number of ketones is 1. The molecular formula is C27H24N2O3S. The Labute approximate surface area is 193 Å². The first-order chi connectivity index (χ1) is 16.0. The summed E-state index contributed by atoms with van der Waals surface area (Å²) in [6.45, 7) is 0. The summed E-state index contributed by atoms with van der Waals surface area (Å²) >= 11 is 0. The van der Waals surface area contributed by atoms with Gasteiger partial charge in [0.15, 0.2) is 9.84 Å². The van der Waals surface area contributed by atoms with Gasteiger partial charge >= 0.3 is 0 Å². The summed E-state index contributed by atoms with van der Waals surface area (Å²) in [7, 11) is -3.37. The van der Waals surface area contributed by atoms with Crippen molar-refractivity contribution in [3.63, 3.8) is 0 Å². The van der Waals surface area contributed by atoms with Crippen LogP contribution in [0.15, 0.2) is 90.3 Å². The molecule has 5 rings (SSSR count). The number of sulfone groups is 1. The zero-order valence-corrected chi connectivity index (χ0v) is 18.9. The molecule has 2 atom stereocenters. The van der Waals surface area contributed by atoms with Crippen molar-refractivity contribution < 1.29 is 13.2 Å². The first-order valence-corrected chi connectivity index (χ1v) is 12.7. The molecule has 0 bridgehead atoms. The molecule has 1 aliphatic rings. The fourth-order valence-corrected chi connectivity index (χ4v) is 5.62. The minimum Gasteiger partial charge on any atom is -0.299 e. The Morgan fingerprint density at radius 3 is 2.48 bits per heavy atom. The number of carbonyl (C=O) groups is 1. The van der Waals surface area contributed by atoms with Gasteiger partial charge < -0.3 is 0 Å². The van der Waals surface area contributed by atoms with Crippen LogP contribution < -0.4 is 0 Å². The second kappa shape index (κ2) is 8.87. The fourth-order valence-electron chi connectivity index (χ4n) is 4.33. The predicted octanol–water partition coefficient (Wildman–Crippen LogP) is 4.56. The fraction of sp³-hybridized carbons (Fsp3) is 0.222. The summed E-state index contributed by atoms with van der Waals surface area (Å²) < 4.78 is 25.4. The number of aromatic nitrogens is 2. The minimum atomic E-state index is -3.37. The summed E-state index contributed by atoms with van der Waals surface area (Å²) in [6, 6.07) is 18.7. The molecule has 0 radical (unpaired) electrons. The lowest BCUT2D eigenvalue weighted by Gasteiger charge is -2.07. The second-order valence-electron chi connectivity index (χ2n) is 8.65. The Hall–Kier alpha value is -3.38. The van der Waals surface area contributed by atoms with Crippen LogP contribution in [0, 0.1) is 5.92 Å². The third-order valence-electron chi connectivity index (χ3n) is 6.34. The van der Waals surface area contributed by atoms with Crippen LogP contribution in [0.5, 0.6) is 0 Å².